The van der Waals surface area contributed by atoms with Gasteiger partial charge in [0.05, 0.1) is 26.9 Å². The first kappa shape index (κ1) is 22.0. The number of hydrogen-bond donors (Lipinski definition) is 3. The third kappa shape index (κ3) is 4.12. The topological polar surface area (TPSA) is 114 Å². The summed E-state index contributed by atoms with van der Waals surface area (Å²) >= 11 is 12.8. The number of pyridine rings is 1. The highest BCUT2D eigenvalue weighted by Crippen LogP contribution is 2.41. The second kappa shape index (κ2) is 8.74. The molecule has 10 heteroatoms. The maximum atomic E-state index is 10.2. The van der Waals surface area contributed by atoms with Gasteiger partial charge in [-0.2, -0.15) is 10.4 Å². The van der Waals surface area contributed by atoms with Gasteiger partial charge in [0.2, 0.25) is 6.35 Å². The van der Waals surface area contributed by atoms with Crippen LogP contribution in [0.5, 0.6) is 11.5 Å². The number of hydrazone groups is 1. The van der Waals surface area contributed by atoms with Crippen LogP contribution in [0.4, 0.5) is 5.69 Å². The summed E-state index contributed by atoms with van der Waals surface area (Å²) in [7, 11) is 0. The Balaban J connectivity index is 1.67. The van der Waals surface area contributed by atoms with Gasteiger partial charge in [-0.05, 0) is 55.0 Å². The SMILES string of the molecule is C=Cc1cc(C)c2cc(Oc3c(Cl)cc(N4N=C(C#N)C(O)NC4O)cc3Cl)ccc2n1. The summed E-state index contributed by atoms with van der Waals surface area (Å²) < 4.78 is 5.95. The van der Waals surface area contributed by atoms with Gasteiger partial charge in [0.25, 0.3) is 0 Å². The van der Waals surface area contributed by atoms with Crippen LogP contribution >= 0.6 is 23.2 Å². The van der Waals surface area contributed by atoms with Crippen molar-refractivity contribution in [3.8, 4) is 17.6 Å². The van der Waals surface area contributed by atoms with Gasteiger partial charge in [-0.25, -0.2) is 15.3 Å². The first-order chi connectivity index (χ1) is 15.3. The summed E-state index contributed by atoms with van der Waals surface area (Å²) in [6.07, 6.45) is -1.08. The number of nitrogens with one attached hydrogen (secondary N) is 1. The van der Waals surface area contributed by atoms with E-state index in [-0.39, 0.29) is 21.5 Å². The molecule has 2 heterocycles. The largest absolute Gasteiger partial charge is 0.454 e. The Morgan fingerprint density at radius 1 is 1.22 bits per heavy atom. The van der Waals surface area contributed by atoms with Crippen molar-refractivity contribution in [3.05, 3.63) is 64.3 Å². The highest BCUT2D eigenvalue weighted by atomic mass is 35.5. The molecule has 3 N–H and O–H groups in total. The maximum absolute atomic E-state index is 10.2. The average Bonchev–Trinajstić information content (AvgIpc) is 2.76. The van der Waals surface area contributed by atoms with E-state index >= 15 is 0 Å². The molecule has 2 aromatic carbocycles. The molecular weight excluding hydrogens is 453 g/mol. The van der Waals surface area contributed by atoms with Gasteiger partial charge in [-0.1, -0.05) is 29.8 Å². The Kier molecular flexibility index (Phi) is 6.02. The zero-order valence-electron chi connectivity index (χ0n) is 16.8. The quantitative estimate of drug-likeness (QED) is 0.525. The molecule has 0 radical (unpaired) electrons. The fraction of sp³-hybridized carbons (Fsp3) is 0.136. The maximum Gasteiger partial charge on any atom is 0.206 e. The number of fused-ring (bicyclic) bond motifs is 1. The molecule has 162 valence electrons. The van der Waals surface area contributed by atoms with Crippen LogP contribution in [0.2, 0.25) is 10.0 Å². The van der Waals surface area contributed by atoms with Gasteiger partial charge < -0.3 is 14.9 Å². The Bertz CT molecular complexity index is 1280. The summed E-state index contributed by atoms with van der Waals surface area (Å²) in [5.74, 6) is 0.728. The van der Waals surface area contributed by atoms with Crippen molar-refractivity contribution in [2.24, 2.45) is 5.10 Å². The van der Waals surface area contributed by atoms with Gasteiger partial charge >= 0.3 is 0 Å². The van der Waals surface area contributed by atoms with Crippen molar-refractivity contribution in [1.29, 1.82) is 5.26 Å². The predicted molar refractivity (Wildman–Crippen MR) is 124 cm³/mol. The minimum absolute atomic E-state index is 0.163. The van der Waals surface area contributed by atoms with Crippen molar-refractivity contribution < 1.29 is 14.9 Å². The molecule has 4 rings (SSSR count). The molecule has 0 aliphatic carbocycles. The first-order valence-electron chi connectivity index (χ1n) is 9.41. The summed E-state index contributed by atoms with van der Waals surface area (Å²) in [5.41, 5.74) is 2.68. The second-order valence-corrected chi connectivity index (χ2v) is 7.79. The molecular formula is C22H17Cl2N5O3. The van der Waals surface area contributed by atoms with Crippen LogP contribution < -0.4 is 15.1 Å². The molecule has 0 spiro atoms. The average molecular weight is 470 g/mol. The minimum atomic E-state index is -1.39. The van der Waals surface area contributed by atoms with Crippen molar-refractivity contribution in [1.82, 2.24) is 10.3 Å². The second-order valence-electron chi connectivity index (χ2n) is 6.97. The van der Waals surface area contributed by atoms with E-state index in [2.05, 4.69) is 22.0 Å². The Hall–Kier alpha value is -3.19. The molecule has 1 aliphatic heterocycles. The van der Waals surface area contributed by atoms with Crippen molar-refractivity contribution in [3.63, 3.8) is 0 Å². The van der Waals surface area contributed by atoms with E-state index in [0.717, 1.165) is 27.2 Å². The number of aliphatic hydroxyl groups is 2. The van der Waals surface area contributed by atoms with Crippen LogP contribution in [-0.2, 0) is 0 Å². The number of halogens is 2. The summed E-state index contributed by atoms with van der Waals surface area (Å²) in [6.45, 7) is 5.73. The molecule has 2 atom stereocenters. The number of aliphatic hydroxyl groups excluding tert-OH is 2. The lowest BCUT2D eigenvalue weighted by molar-refractivity contribution is 0.0631. The number of rotatable bonds is 4. The zero-order chi connectivity index (χ0) is 23.0. The van der Waals surface area contributed by atoms with Crippen LogP contribution in [-0.4, -0.2) is 33.5 Å². The highest BCUT2D eigenvalue weighted by molar-refractivity contribution is 6.37. The van der Waals surface area contributed by atoms with Gasteiger partial charge in [-0.15, -0.1) is 0 Å². The molecule has 1 aromatic heterocycles. The molecule has 2 unspecified atom stereocenters. The Labute approximate surface area is 193 Å². The summed E-state index contributed by atoms with van der Waals surface area (Å²) in [5, 5.41) is 37.6. The lowest BCUT2D eigenvalue weighted by atomic mass is 10.1. The lowest BCUT2D eigenvalue weighted by Gasteiger charge is -2.32. The van der Waals surface area contributed by atoms with E-state index in [9.17, 15) is 10.2 Å². The Morgan fingerprint density at radius 2 is 1.94 bits per heavy atom. The van der Waals surface area contributed by atoms with Crippen LogP contribution in [0, 0.1) is 18.3 Å². The van der Waals surface area contributed by atoms with E-state index < -0.39 is 12.6 Å². The van der Waals surface area contributed by atoms with Crippen LogP contribution in [0.1, 0.15) is 11.3 Å². The van der Waals surface area contributed by atoms with E-state index in [1.54, 1.807) is 18.2 Å². The molecule has 0 saturated heterocycles. The number of ether oxygens (including phenoxy) is 1. The lowest BCUT2D eigenvalue weighted by Crippen LogP contribution is -2.55. The molecule has 32 heavy (non-hydrogen) atoms. The number of nitrogens with zero attached hydrogens (tertiary/aromatic N) is 4. The fourth-order valence-electron chi connectivity index (χ4n) is 3.26. The Morgan fingerprint density at radius 3 is 2.59 bits per heavy atom. The number of nitriles is 1. The standard InChI is InChI=1S/C22H17Cl2N5O3/c1-3-12-6-11(2)15-9-14(4-5-18(15)26-12)32-20-16(23)7-13(8-17(20)24)29-22(31)27-21(30)19(10-25)28-29/h3-9,21-22,27,30-31H,1H2,2H3. The van der Waals surface area contributed by atoms with Crippen LogP contribution in [0.3, 0.4) is 0 Å². The fourth-order valence-corrected chi connectivity index (χ4v) is 3.81. The molecule has 8 nitrogen and oxygen atoms in total. The predicted octanol–water partition coefficient (Wildman–Crippen LogP) is 4.17. The molecule has 0 fully saturated rings. The minimum Gasteiger partial charge on any atom is -0.454 e. The highest BCUT2D eigenvalue weighted by Gasteiger charge is 2.29. The number of aromatic nitrogens is 1. The summed E-state index contributed by atoms with van der Waals surface area (Å²) in [6, 6.07) is 12.1. The van der Waals surface area contributed by atoms with Gasteiger partial charge in [0.15, 0.2) is 17.7 Å². The van der Waals surface area contributed by atoms with E-state index in [4.69, 9.17) is 33.2 Å². The third-order valence-electron chi connectivity index (χ3n) is 4.81. The molecule has 0 saturated carbocycles. The van der Waals surface area contributed by atoms with E-state index in [0.29, 0.717) is 11.4 Å². The molecule has 1 aliphatic rings. The van der Waals surface area contributed by atoms with E-state index in [1.165, 1.54) is 12.1 Å². The van der Waals surface area contributed by atoms with Crippen molar-refractivity contribution >= 4 is 51.6 Å². The van der Waals surface area contributed by atoms with Crippen molar-refractivity contribution in [2.75, 3.05) is 5.01 Å². The normalized spacial score (nSPS) is 18.2. The number of hydrogen-bond acceptors (Lipinski definition) is 8. The number of anilines is 1. The number of aryl methyl sites for hydroxylation is 1. The summed E-state index contributed by atoms with van der Waals surface area (Å²) in [4.78, 5) is 4.51. The molecule has 3 aromatic rings. The monoisotopic (exact) mass is 469 g/mol. The molecule has 0 bridgehead atoms. The van der Waals surface area contributed by atoms with Gasteiger partial charge in [-0.3, -0.25) is 0 Å². The third-order valence-corrected chi connectivity index (χ3v) is 5.37. The van der Waals surface area contributed by atoms with Gasteiger partial charge in [0.1, 0.15) is 11.8 Å². The van der Waals surface area contributed by atoms with Crippen LogP contribution in [0.15, 0.2) is 48.1 Å². The van der Waals surface area contributed by atoms with Gasteiger partial charge in [0, 0.05) is 5.39 Å². The molecule has 0 amide bonds. The zero-order valence-corrected chi connectivity index (χ0v) is 18.3. The smallest absolute Gasteiger partial charge is 0.206 e. The number of benzene rings is 2. The first-order valence-corrected chi connectivity index (χ1v) is 10.2. The van der Waals surface area contributed by atoms with Crippen molar-refractivity contribution in [2.45, 2.75) is 19.5 Å². The van der Waals surface area contributed by atoms with E-state index in [1.807, 2.05) is 25.1 Å². The van der Waals surface area contributed by atoms with Crippen LogP contribution in [0.25, 0.3) is 17.0 Å².